The predicted molar refractivity (Wildman–Crippen MR) is 111 cm³/mol. The van der Waals surface area contributed by atoms with Crippen molar-refractivity contribution in [2.45, 2.75) is 13.8 Å². The van der Waals surface area contributed by atoms with E-state index in [4.69, 9.17) is 9.47 Å². The summed E-state index contributed by atoms with van der Waals surface area (Å²) in [5, 5.41) is 15.9. The van der Waals surface area contributed by atoms with Crippen LogP contribution in [0.25, 0.3) is 11.3 Å². The van der Waals surface area contributed by atoms with E-state index >= 15 is 0 Å². The molecule has 0 aliphatic heterocycles. The number of amides is 1. The van der Waals surface area contributed by atoms with E-state index in [1.165, 1.54) is 24.5 Å². The van der Waals surface area contributed by atoms with Gasteiger partial charge in [-0.1, -0.05) is 18.2 Å². The number of hydrogen-bond donors (Lipinski definition) is 1. The Hall–Kier alpha value is -3.46. The van der Waals surface area contributed by atoms with Crippen molar-refractivity contribution in [1.82, 2.24) is 4.98 Å². The molecule has 0 bridgehead atoms. The van der Waals surface area contributed by atoms with Crippen LogP contribution in [-0.2, 0) is 4.79 Å². The second-order valence-corrected chi connectivity index (χ2v) is 7.15. The molecular weight excluding hydrogens is 394 g/mol. The van der Waals surface area contributed by atoms with Crippen molar-refractivity contribution in [3.63, 3.8) is 0 Å². The van der Waals surface area contributed by atoms with Gasteiger partial charge in [-0.25, -0.2) is 4.98 Å². The number of carbonyl (C=O) groups is 1. The molecule has 3 aromatic rings. The van der Waals surface area contributed by atoms with E-state index in [0.29, 0.717) is 33.5 Å². The molecule has 3 rings (SSSR count). The first-order valence-corrected chi connectivity index (χ1v) is 9.53. The van der Waals surface area contributed by atoms with Crippen molar-refractivity contribution in [3.8, 4) is 22.8 Å². The first-order valence-electron chi connectivity index (χ1n) is 8.65. The summed E-state index contributed by atoms with van der Waals surface area (Å²) in [6, 6.07) is 10.3. The molecule has 150 valence electrons. The maximum Gasteiger partial charge on any atom is 0.272 e. The minimum atomic E-state index is -0.426. The molecule has 1 amide bonds. The number of nitro benzene ring substituents is 1. The highest BCUT2D eigenvalue weighted by molar-refractivity contribution is 7.14. The highest BCUT2D eigenvalue weighted by atomic mass is 32.1. The first-order chi connectivity index (χ1) is 13.9. The van der Waals surface area contributed by atoms with Gasteiger partial charge in [0.1, 0.15) is 0 Å². The quantitative estimate of drug-likeness (QED) is 0.456. The molecule has 9 heteroatoms. The van der Waals surface area contributed by atoms with Gasteiger partial charge in [0.05, 0.1) is 17.7 Å². The van der Waals surface area contributed by atoms with Crippen LogP contribution in [-0.4, -0.2) is 29.5 Å². The first kappa shape index (κ1) is 20.3. The van der Waals surface area contributed by atoms with Crippen molar-refractivity contribution >= 4 is 28.1 Å². The van der Waals surface area contributed by atoms with E-state index in [0.717, 1.165) is 5.56 Å². The Morgan fingerprint density at radius 3 is 2.72 bits per heavy atom. The average Bonchev–Trinajstić information content (AvgIpc) is 3.15. The van der Waals surface area contributed by atoms with Gasteiger partial charge in [-0.2, -0.15) is 0 Å². The van der Waals surface area contributed by atoms with E-state index in [1.807, 2.05) is 19.1 Å². The number of carbonyl (C=O) groups excluding carboxylic acids is 1. The minimum Gasteiger partial charge on any atom is -0.493 e. The van der Waals surface area contributed by atoms with Crippen molar-refractivity contribution in [3.05, 3.63) is 63.0 Å². The number of hydrogen-bond acceptors (Lipinski definition) is 7. The molecule has 0 spiro atoms. The molecule has 0 aliphatic carbocycles. The van der Waals surface area contributed by atoms with Gasteiger partial charge in [0.15, 0.2) is 23.2 Å². The Balaban J connectivity index is 1.65. The highest BCUT2D eigenvalue weighted by Crippen LogP contribution is 2.30. The van der Waals surface area contributed by atoms with E-state index in [2.05, 4.69) is 10.3 Å². The van der Waals surface area contributed by atoms with Crippen LogP contribution in [0, 0.1) is 24.0 Å². The molecular formula is C20H19N3O5S. The highest BCUT2D eigenvalue weighted by Gasteiger charge is 2.15. The summed E-state index contributed by atoms with van der Waals surface area (Å²) in [6.07, 6.45) is 0. The number of methoxy groups -OCH3 is 1. The van der Waals surface area contributed by atoms with Gasteiger partial charge in [-0.15, -0.1) is 11.3 Å². The molecule has 0 unspecified atom stereocenters. The molecule has 1 aromatic heterocycles. The molecule has 1 heterocycles. The van der Waals surface area contributed by atoms with Crippen LogP contribution in [0.3, 0.4) is 0 Å². The maximum atomic E-state index is 12.2. The Morgan fingerprint density at radius 1 is 1.21 bits per heavy atom. The second kappa shape index (κ2) is 8.70. The van der Waals surface area contributed by atoms with E-state index in [-0.39, 0.29) is 18.2 Å². The zero-order chi connectivity index (χ0) is 21.0. The monoisotopic (exact) mass is 413 g/mol. The number of benzene rings is 2. The fourth-order valence-electron chi connectivity index (χ4n) is 2.62. The van der Waals surface area contributed by atoms with E-state index in [9.17, 15) is 14.9 Å². The number of nitrogens with one attached hydrogen (secondary N) is 1. The third-order valence-corrected chi connectivity index (χ3v) is 4.89. The molecule has 0 atom stereocenters. The lowest BCUT2D eigenvalue weighted by molar-refractivity contribution is -0.385. The average molecular weight is 413 g/mol. The molecule has 2 aromatic carbocycles. The predicted octanol–water partition coefficient (Wildman–Crippen LogP) is 4.36. The largest absolute Gasteiger partial charge is 0.493 e. The maximum absolute atomic E-state index is 12.2. The Morgan fingerprint density at radius 2 is 2.00 bits per heavy atom. The number of rotatable bonds is 7. The molecule has 0 radical (unpaired) electrons. The summed E-state index contributed by atoms with van der Waals surface area (Å²) in [5.41, 5.74) is 2.78. The lowest BCUT2D eigenvalue weighted by Crippen LogP contribution is -2.20. The number of ether oxygens (including phenoxy) is 2. The van der Waals surface area contributed by atoms with Crippen LogP contribution in [0.4, 0.5) is 10.8 Å². The molecule has 0 saturated heterocycles. The smallest absolute Gasteiger partial charge is 0.272 e. The number of nitrogens with zero attached hydrogens (tertiary/aromatic N) is 2. The molecule has 1 N–H and O–H groups in total. The van der Waals surface area contributed by atoms with Gasteiger partial charge < -0.3 is 9.47 Å². The normalized spacial score (nSPS) is 10.4. The fraction of sp³-hybridized carbons (Fsp3) is 0.200. The second-order valence-electron chi connectivity index (χ2n) is 6.29. The van der Waals surface area contributed by atoms with Crippen LogP contribution in [0.5, 0.6) is 11.5 Å². The Labute approximate surface area is 171 Å². The summed E-state index contributed by atoms with van der Waals surface area (Å²) in [6.45, 7) is 3.41. The van der Waals surface area contributed by atoms with Gasteiger partial charge in [-0.3, -0.25) is 20.2 Å². The summed E-state index contributed by atoms with van der Waals surface area (Å²) < 4.78 is 10.8. The number of anilines is 1. The van der Waals surface area contributed by atoms with Crippen molar-refractivity contribution in [2.75, 3.05) is 19.0 Å². The van der Waals surface area contributed by atoms with Crippen LogP contribution in [0.1, 0.15) is 11.1 Å². The summed E-state index contributed by atoms with van der Waals surface area (Å²) in [7, 11) is 1.54. The van der Waals surface area contributed by atoms with Gasteiger partial charge >= 0.3 is 0 Å². The molecule has 0 saturated carbocycles. The zero-order valence-electron chi connectivity index (χ0n) is 16.1. The van der Waals surface area contributed by atoms with Crippen molar-refractivity contribution in [1.29, 1.82) is 0 Å². The molecule has 0 fully saturated rings. The molecule has 8 nitrogen and oxygen atoms in total. The van der Waals surface area contributed by atoms with Gasteiger partial charge in [0.2, 0.25) is 0 Å². The van der Waals surface area contributed by atoms with Crippen molar-refractivity contribution < 1.29 is 19.2 Å². The van der Waals surface area contributed by atoms with Crippen LogP contribution >= 0.6 is 11.3 Å². The van der Waals surface area contributed by atoms with Crippen LogP contribution in [0.2, 0.25) is 0 Å². The lowest BCUT2D eigenvalue weighted by Gasteiger charge is -2.10. The molecule has 0 aliphatic rings. The van der Waals surface area contributed by atoms with E-state index < -0.39 is 4.92 Å². The standard InChI is InChI=1S/C20H19N3O5S/c1-12-4-7-17(18(8-12)27-3)28-10-19(24)22-20-21-15(11-29-20)14-6-5-13(2)16(9-14)23(25)26/h4-9,11H,10H2,1-3H3,(H,21,22,24). The lowest BCUT2D eigenvalue weighted by atomic mass is 10.1. The van der Waals surface area contributed by atoms with E-state index in [1.54, 1.807) is 30.5 Å². The number of aromatic nitrogens is 1. The summed E-state index contributed by atoms with van der Waals surface area (Å²) in [5.74, 6) is 0.652. The fourth-order valence-corrected chi connectivity index (χ4v) is 3.36. The summed E-state index contributed by atoms with van der Waals surface area (Å²) in [4.78, 5) is 27.2. The number of nitro groups is 1. The van der Waals surface area contributed by atoms with Crippen LogP contribution < -0.4 is 14.8 Å². The third kappa shape index (κ3) is 4.88. The SMILES string of the molecule is COc1cc(C)ccc1OCC(=O)Nc1nc(-c2ccc(C)c([N+](=O)[O-])c2)cs1. The minimum absolute atomic E-state index is 0.0292. The van der Waals surface area contributed by atoms with Gasteiger partial charge in [0, 0.05) is 22.6 Å². The van der Waals surface area contributed by atoms with Gasteiger partial charge in [-0.05, 0) is 31.5 Å². The third-order valence-electron chi connectivity index (χ3n) is 4.13. The number of thiazole rings is 1. The Bertz CT molecular complexity index is 1060. The zero-order valence-corrected chi connectivity index (χ0v) is 16.9. The number of aryl methyl sites for hydroxylation is 2. The van der Waals surface area contributed by atoms with Crippen molar-refractivity contribution in [2.24, 2.45) is 0 Å². The molecule has 29 heavy (non-hydrogen) atoms. The topological polar surface area (TPSA) is 104 Å². The Kier molecular flexibility index (Phi) is 6.08. The van der Waals surface area contributed by atoms with Crippen LogP contribution in [0.15, 0.2) is 41.8 Å². The van der Waals surface area contributed by atoms with Gasteiger partial charge in [0.25, 0.3) is 11.6 Å². The summed E-state index contributed by atoms with van der Waals surface area (Å²) >= 11 is 1.23.